The van der Waals surface area contributed by atoms with Gasteiger partial charge in [-0.1, -0.05) is 12.1 Å². The number of fused-ring (bicyclic) bond motifs is 2. The number of imidazole rings is 2. The molecule has 0 saturated carbocycles. The number of nitriles is 1. The van der Waals surface area contributed by atoms with Gasteiger partial charge in [0.15, 0.2) is 0 Å². The van der Waals surface area contributed by atoms with Gasteiger partial charge in [0, 0.05) is 30.9 Å². The Labute approximate surface area is 342 Å². The number of aliphatic hydroxyl groups is 2. The number of nitrogens with two attached hydrogens (primary N) is 1. The number of amides is 3. The molecule has 6 aromatic rings. The largest absolute Gasteiger partial charge is 0.433 e. The van der Waals surface area contributed by atoms with Crippen LogP contribution in [-0.4, -0.2) is 67.9 Å². The maximum absolute atomic E-state index is 12.9. The highest BCUT2D eigenvalue weighted by Gasteiger charge is 2.34. The molecule has 6 N–H and O–H groups in total. The molecule has 0 saturated heterocycles. The van der Waals surface area contributed by atoms with Crippen molar-refractivity contribution < 1.29 is 50.9 Å². The van der Waals surface area contributed by atoms with Crippen molar-refractivity contribution in [1.29, 1.82) is 5.26 Å². The van der Waals surface area contributed by atoms with E-state index in [4.69, 9.17) is 5.73 Å². The van der Waals surface area contributed by atoms with E-state index in [0.29, 0.717) is 48.4 Å². The number of alkyl halides is 6. The summed E-state index contributed by atoms with van der Waals surface area (Å²) >= 11 is 0. The van der Waals surface area contributed by atoms with Gasteiger partial charge in [-0.3, -0.25) is 14.4 Å². The predicted octanol–water partition coefficient (Wildman–Crippen LogP) is 6.38. The van der Waals surface area contributed by atoms with Crippen LogP contribution in [0.3, 0.4) is 0 Å². The van der Waals surface area contributed by atoms with Crippen LogP contribution in [-0.2, 0) is 25.2 Å². The number of anilines is 2. The molecular weight excluding hydrogens is 814 g/mol. The van der Waals surface area contributed by atoms with Crippen molar-refractivity contribution in [3.63, 3.8) is 0 Å². The summed E-state index contributed by atoms with van der Waals surface area (Å²) in [6.45, 7) is 6.71. The van der Waals surface area contributed by atoms with Crippen LogP contribution in [0.5, 0.6) is 0 Å². The summed E-state index contributed by atoms with van der Waals surface area (Å²) in [6, 6.07) is 10.7. The van der Waals surface area contributed by atoms with Gasteiger partial charge in [0.1, 0.15) is 40.1 Å². The number of aromatic nitrogens is 6. The van der Waals surface area contributed by atoms with Gasteiger partial charge < -0.3 is 35.4 Å². The fraction of sp³-hybridized carbons (Fsp3) is 0.300. The third-order valence-corrected chi connectivity index (χ3v) is 8.70. The van der Waals surface area contributed by atoms with Gasteiger partial charge in [0.2, 0.25) is 0 Å². The van der Waals surface area contributed by atoms with Gasteiger partial charge in [-0.15, -0.1) is 0 Å². The second-order valence-electron chi connectivity index (χ2n) is 15.0. The van der Waals surface area contributed by atoms with Crippen LogP contribution in [0.4, 0.5) is 37.7 Å². The summed E-state index contributed by atoms with van der Waals surface area (Å²) in [4.78, 5) is 52.2. The minimum absolute atomic E-state index is 0.00403. The Morgan fingerprint density at radius 2 is 1.11 bits per heavy atom. The van der Waals surface area contributed by atoms with Crippen molar-refractivity contribution in [1.82, 2.24) is 28.7 Å². The Morgan fingerprint density at radius 1 is 0.689 bits per heavy atom. The summed E-state index contributed by atoms with van der Waals surface area (Å²) in [5.74, 6) is -2.66. The lowest BCUT2D eigenvalue weighted by Crippen LogP contribution is -2.20. The topological polar surface area (TPSA) is 226 Å². The molecule has 0 unspecified atom stereocenters. The molecule has 0 spiro atoms. The average molecular weight is 853 g/mol. The van der Waals surface area contributed by atoms with E-state index in [1.165, 1.54) is 24.5 Å². The summed E-state index contributed by atoms with van der Waals surface area (Å²) in [6.07, 6.45) is -1.29. The van der Waals surface area contributed by atoms with Crippen LogP contribution in [0, 0.1) is 11.3 Å². The lowest BCUT2D eigenvalue weighted by Gasteiger charge is -2.15. The zero-order chi connectivity index (χ0) is 45.1. The molecule has 21 heteroatoms. The monoisotopic (exact) mass is 852 g/mol. The standard InChI is InChI=1S/C20H20F3N5O3.C20H18F3N5O2/c1-19(2,31)7-6-11-9-28-10-14(12(17(24)29)8-16(28)25-11)27-18(30)13-4-3-5-15(26-13)20(21,22)23;1-19(2,30)7-6-13-10-28-11-15(12(9-24)8-17(28)25-13)27-18(29)14-4-3-5-16(26-14)20(21,22)23/h3-5,8-10,31H,6-7H2,1-2H3,(H2,24,29)(H,27,30);3-5,8,10-11,30H,6-7H2,1-2H3,(H,27,29). The van der Waals surface area contributed by atoms with Crippen LogP contribution in [0.2, 0.25) is 0 Å². The number of hydrogen-bond acceptors (Lipinski definition) is 10. The van der Waals surface area contributed by atoms with E-state index >= 15 is 0 Å². The van der Waals surface area contributed by atoms with Crippen LogP contribution in [0.25, 0.3) is 11.3 Å². The SMILES string of the molecule is CC(C)(O)CCc1cn2cc(NC(=O)c3cccc(C(F)(F)F)n3)c(C#N)cc2n1.CC(C)(O)CCc1cn2cc(NC(=O)c3cccc(C(F)(F)F)n3)c(C(N)=O)cc2n1. The molecule has 6 rings (SSSR count). The number of nitrogens with one attached hydrogen (secondary N) is 2. The lowest BCUT2D eigenvalue weighted by atomic mass is 10.0. The smallest absolute Gasteiger partial charge is 0.390 e. The van der Waals surface area contributed by atoms with Crippen LogP contribution in [0.1, 0.15) is 100 Å². The molecule has 320 valence electrons. The molecule has 15 nitrogen and oxygen atoms in total. The van der Waals surface area contributed by atoms with E-state index in [-0.39, 0.29) is 22.5 Å². The van der Waals surface area contributed by atoms with E-state index < -0.39 is 64.1 Å². The summed E-state index contributed by atoms with van der Waals surface area (Å²) in [7, 11) is 0. The number of carbonyl (C=O) groups is 3. The van der Waals surface area contributed by atoms with E-state index in [1.807, 2.05) is 6.07 Å². The number of nitrogens with zero attached hydrogens (tertiary/aromatic N) is 7. The van der Waals surface area contributed by atoms with Crippen molar-refractivity contribution in [2.75, 3.05) is 10.6 Å². The van der Waals surface area contributed by atoms with E-state index in [0.717, 1.165) is 36.4 Å². The molecule has 6 heterocycles. The number of halogens is 6. The minimum Gasteiger partial charge on any atom is -0.390 e. The predicted molar refractivity (Wildman–Crippen MR) is 207 cm³/mol. The number of rotatable bonds is 11. The molecule has 0 aliphatic rings. The molecular formula is C40H38F6N10O5. The fourth-order valence-corrected chi connectivity index (χ4v) is 5.59. The van der Waals surface area contributed by atoms with Crippen LogP contribution >= 0.6 is 0 Å². The molecule has 0 bridgehead atoms. The first-order valence-electron chi connectivity index (χ1n) is 18.2. The Bertz CT molecular complexity index is 2650. The van der Waals surface area contributed by atoms with E-state index in [2.05, 4.69) is 30.6 Å². The zero-order valence-electron chi connectivity index (χ0n) is 32.9. The number of aryl methyl sites for hydroxylation is 2. The van der Waals surface area contributed by atoms with Gasteiger partial charge in [-0.2, -0.15) is 31.6 Å². The molecule has 0 aromatic carbocycles. The first-order valence-corrected chi connectivity index (χ1v) is 18.2. The molecule has 0 fully saturated rings. The van der Waals surface area contributed by atoms with Crippen molar-refractivity contribution in [2.24, 2.45) is 5.73 Å². The number of pyridine rings is 4. The third kappa shape index (κ3) is 12.1. The number of carbonyl (C=O) groups excluding carboxylic acids is 3. The van der Waals surface area contributed by atoms with Gasteiger partial charge >= 0.3 is 12.4 Å². The first-order chi connectivity index (χ1) is 28.3. The highest BCUT2D eigenvalue weighted by molar-refractivity contribution is 6.08. The van der Waals surface area contributed by atoms with Gasteiger partial charge in [0.25, 0.3) is 17.7 Å². The fourth-order valence-electron chi connectivity index (χ4n) is 5.59. The second-order valence-corrected chi connectivity index (χ2v) is 15.0. The quantitative estimate of drug-likeness (QED) is 0.0905. The first kappa shape index (κ1) is 45.2. The molecule has 0 aliphatic carbocycles. The summed E-state index contributed by atoms with van der Waals surface area (Å²) in [5, 5.41) is 33.9. The van der Waals surface area contributed by atoms with Crippen molar-refractivity contribution >= 4 is 40.4 Å². The van der Waals surface area contributed by atoms with Gasteiger partial charge in [-0.05, 0) is 83.7 Å². The minimum atomic E-state index is -4.70. The molecule has 6 aromatic heterocycles. The van der Waals surface area contributed by atoms with E-state index in [1.54, 1.807) is 48.9 Å². The number of primary amides is 1. The Balaban J connectivity index is 0.000000231. The van der Waals surface area contributed by atoms with Crippen LogP contribution < -0.4 is 16.4 Å². The molecule has 3 amide bonds. The van der Waals surface area contributed by atoms with Gasteiger partial charge in [-0.25, -0.2) is 19.9 Å². The highest BCUT2D eigenvalue weighted by atomic mass is 19.4. The normalized spacial score (nSPS) is 12.1. The third-order valence-electron chi connectivity index (χ3n) is 8.70. The number of hydrogen-bond donors (Lipinski definition) is 5. The Morgan fingerprint density at radius 3 is 1.52 bits per heavy atom. The average Bonchev–Trinajstić information content (AvgIpc) is 3.77. The molecule has 0 aliphatic heterocycles. The van der Waals surface area contributed by atoms with Crippen molar-refractivity contribution in [3.8, 4) is 6.07 Å². The van der Waals surface area contributed by atoms with Gasteiger partial charge in [0.05, 0.1) is 45.1 Å². The summed E-state index contributed by atoms with van der Waals surface area (Å²) < 4.78 is 80.2. The van der Waals surface area contributed by atoms with E-state index in [9.17, 15) is 56.2 Å². The second kappa shape index (κ2) is 17.4. The summed E-state index contributed by atoms with van der Waals surface area (Å²) in [5.41, 5.74) is 2.69. The molecule has 0 radical (unpaired) electrons. The van der Waals surface area contributed by atoms with Crippen molar-refractivity contribution in [2.45, 2.75) is 76.9 Å². The Hall–Kier alpha value is -6.92. The maximum atomic E-state index is 12.9. The maximum Gasteiger partial charge on any atom is 0.433 e. The highest BCUT2D eigenvalue weighted by Crippen LogP contribution is 2.29. The van der Waals surface area contributed by atoms with Crippen LogP contribution in [0.15, 0.2) is 73.3 Å². The Kier molecular flexibility index (Phi) is 12.9. The lowest BCUT2D eigenvalue weighted by molar-refractivity contribution is -0.142. The zero-order valence-corrected chi connectivity index (χ0v) is 32.9. The van der Waals surface area contributed by atoms with Crippen molar-refractivity contribution in [3.05, 3.63) is 119 Å². The molecule has 0 atom stereocenters. The molecule has 61 heavy (non-hydrogen) atoms.